The van der Waals surface area contributed by atoms with Gasteiger partial charge in [0.15, 0.2) is 0 Å². The third-order valence-electron chi connectivity index (χ3n) is 3.89. The number of sulfonamides is 1. The number of H-pyrrole nitrogens is 1. The average Bonchev–Trinajstić information content (AvgIpc) is 3.00. The minimum absolute atomic E-state index is 0.170. The highest BCUT2D eigenvalue weighted by molar-refractivity contribution is 7.93. The van der Waals surface area contributed by atoms with Crippen LogP contribution in [-0.4, -0.2) is 29.8 Å². The highest BCUT2D eigenvalue weighted by atomic mass is 32.2. The van der Waals surface area contributed by atoms with Gasteiger partial charge in [0, 0.05) is 41.0 Å². The van der Waals surface area contributed by atoms with Crippen LogP contribution in [0.2, 0.25) is 0 Å². The molecule has 0 atom stereocenters. The Morgan fingerprint density at radius 2 is 1.96 bits per heavy atom. The summed E-state index contributed by atoms with van der Waals surface area (Å²) >= 11 is 0. The van der Waals surface area contributed by atoms with Crippen molar-refractivity contribution in [1.29, 1.82) is 0 Å². The van der Waals surface area contributed by atoms with Crippen molar-refractivity contribution in [2.45, 2.75) is 31.1 Å². The van der Waals surface area contributed by atoms with Crippen LogP contribution in [0.4, 0.5) is 23.5 Å². The summed E-state index contributed by atoms with van der Waals surface area (Å²) in [5.41, 5.74) is 0.426. The molecule has 6 nitrogen and oxygen atoms in total. The molecule has 3 rings (SSSR count). The van der Waals surface area contributed by atoms with Gasteiger partial charge in [-0.2, -0.15) is 0 Å². The van der Waals surface area contributed by atoms with Crippen LogP contribution in [0.5, 0.6) is 0 Å². The third kappa shape index (κ3) is 4.02. The Hall–Kier alpha value is -2.69. The fraction of sp³-hybridized carbons (Fsp3) is 0.250. The number of nitrogens with zero attached hydrogens (tertiary/aromatic N) is 2. The summed E-state index contributed by atoms with van der Waals surface area (Å²) < 4.78 is 77.8. The smallest absolute Gasteiger partial charge is 0.266 e. The van der Waals surface area contributed by atoms with E-state index in [1.807, 2.05) is 0 Å². The Kier molecular flexibility index (Phi) is 5.05. The molecule has 0 amide bonds. The average molecular weight is 402 g/mol. The van der Waals surface area contributed by atoms with Crippen molar-refractivity contribution in [2.24, 2.45) is 0 Å². The van der Waals surface area contributed by atoms with Crippen molar-refractivity contribution >= 4 is 26.9 Å². The van der Waals surface area contributed by atoms with Crippen LogP contribution in [0, 0.1) is 6.92 Å². The Labute approximate surface area is 151 Å². The lowest BCUT2D eigenvalue weighted by Crippen LogP contribution is -2.15. The Bertz CT molecular complexity index is 1080. The van der Waals surface area contributed by atoms with E-state index < -0.39 is 29.3 Å². The molecule has 0 saturated heterocycles. The number of rotatable bonds is 6. The summed E-state index contributed by atoms with van der Waals surface area (Å²) in [6.07, 6.45) is -3.48. The number of aryl methyl sites for hydroxylation is 1. The van der Waals surface area contributed by atoms with Crippen molar-refractivity contribution < 1.29 is 26.0 Å². The Morgan fingerprint density at radius 1 is 1.22 bits per heavy atom. The van der Waals surface area contributed by atoms with Gasteiger partial charge in [0.2, 0.25) is 12.4 Å². The number of halogens is 4. The van der Waals surface area contributed by atoms with Crippen LogP contribution < -0.4 is 4.72 Å². The van der Waals surface area contributed by atoms with Gasteiger partial charge < -0.3 is 4.98 Å². The second-order valence-corrected chi connectivity index (χ2v) is 7.41. The van der Waals surface area contributed by atoms with Crippen molar-refractivity contribution in [3.8, 4) is 0 Å². The zero-order chi connectivity index (χ0) is 19.8. The van der Waals surface area contributed by atoms with Gasteiger partial charge in [0.1, 0.15) is 4.90 Å². The summed E-state index contributed by atoms with van der Waals surface area (Å²) in [6.45, 7) is 1.47. The van der Waals surface area contributed by atoms with Gasteiger partial charge in [-0.15, -0.1) is 0 Å². The summed E-state index contributed by atoms with van der Waals surface area (Å²) in [5, 5.41) is 0.220. The molecule has 27 heavy (non-hydrogen) atoms. The van der Waals surface area contributed by atoms with Crippen LogP contribution in [0.3, 0.4) is 0 Å². The number of benzene rings is 1. The van der Waals surface area contributed by atoms with Gasteiger partial charge in [0.05, 0.1) is 0 Å². The van der Waals surface area contributed by atoms with E-state index in [9.17, 15) is 26.0 Å². The highest BCUT2D eigenvalue weighted by Crippen LogP contribution is 2.28. The fourth-order valence-electron chi connectivity index (χ4n) is 2.56. The monoisotopic (exact) mass is 402 g/mol. The molecule has 2 N–H and O–H groups in total. The molecule has 11 heteroatoms. The minimum atomic E-state index is -4.12. The number of hydrogen-bond acceptors (Lipinski definition) is 4. The van der Waals surface area contributed by atoms with Crippen molar-refractivity contribution in [2.75, 3.05) is 4.72 Å². The quantitative estimate of drug-likeness (QED) is 0.614. The molecular formula is C16H14F4N4O2S. The van der Waals surface area contributed by atoms with Crippen molar-refractivity contribution in [3.05, 3.63) is 47.4 Å². The lowest BCUT2D eigenvalue weighted by Gasteiger charge is -2.09. The van der Waals surface area contributed by atoms with Crippen LogP contribution >= 0.6 is 0 Å². The molecule has 2 aromatic heterocycles. The second kappa shape index (κ2) is 7.14. The molecule has 0 radical (unpaired) electrons. The number of aromatic amines is 1. The van der Waals surface area contributed by atoms with Gasteiger partial charge in [-0.3, -0.25) is 0 Å². The maximum atomic E-state index is 12.8. The molecule has 0 fully saturated rings. The summed E-state index contributed by atoms with van der Waals surface area (Å²) in [4.78, 5) is 10.1. The van der Waals surface area contributed by atoms with E-state index in [0.29, 0.717) is 0 Å². The molecule has 0 saturated carbocycles. The molecule has 0 spiro atoms. The van der Waals surface area contributed by atoms with Gasteiger partial charge in [0.25, 0.3) is 16.4 Å². The number of aromatic nitrogens is 3. The largest absolute Gasteiger partial charge is 0.360 e. The van der Waals surface area contributed by atoms with Crippen LogP contribution in [0.1, 0.15) is 23.2 Å². The fourth-order valence-corrected chi connectivity index (χ4v) is 3.69. The Morgan fingerprint density at radius 3 is 2.59 bits per heavy atom. The van der Waals surface area contributed by atoms with Crippen molar-refractivity contribution in [1.82, 2.24) is 15.0 Å². The molecule has 144 valence electrons. The summed E-state index contributed by atoms with van der Waals surface area (Å²) in [6, 6.07) is 3.58. The van der Waals surface area contributed by atoms with Crippen molar-refractivity contribution in [3.63, 3.8) is 0 Å². The number of alkyl halides is 4. The SMILES string of the molecule is Cc1nc(NS(=O)(=O)c2c[nH]c3cc(C(F)F)ccc23)ncc1CC(F)F. The Balaban J connectivity index is 1.91. The van der Waals surface area contributed by atoms with E-state index >= 15 is 0 Å². The first-order valence-electron chi connectivity index (χ1n) is 7.70. The highest BCUT2D eigenvalue weighted by Gasteiger charge is 2.22. The molecule has 2 heterocycles. The van der Waals surface area contributed by atoms with Gasteiger partial charge in [-0.25, -0.2) is 40.7 Å². The minimum Gasteiger partial charge on any atom is -0.360 e. The molecule has 3 aromatic rings. The van der Waals surface area contributed by atoms with Gasteiger partial charge in [-0.1, -0.05) is 12.1 Å². The first kappa shape index (κ1) is 19.1. The number of fused-ring (bicyclic) bond motifs is 1. The number of hydrogen-bond donors (Lipinski definition) is 2. The van der Waals surface area contributed by atoms with Crippen LogP contribution in [0.15, 0.2) is 35.5 Å². The first-order valence-corrected chi connectivity index (χ1v) is 9.18. The second-order valence-electron chi connectivity index (χ2n) is 5.76. The molecule has 1 aromatic carbocycles. The van der Waals surface area contributed by atoms with Crippen LogP contribution in [-0.2, 0) is 16.4 Å². The molecular weight excluding hydrogens is 388 g/mol. The standard InChI is InChI=1S/C16H14F4N4O2S/c1-8-10(5-14(17)18)6-22-16(23-8)24-27(25,26)13-7-21-12-4-9(15(19)20)2-3-11(12)13/h2-4,6-7,14-15,21H,5H2,1H3,(H,22,23,24). The van der Waals surface area contributed by atoms with E-state index in [4.69, 9.17) is 0 Å². The van der Waals surface area contributed by atoms with Gasteiger partial charge in [-0.05, 0) is 18.6 Å². The first-order chi connectivity index (χ1) is 12.7. The van der Waals surface area contributed by atoms with Gasteiger partial charge >= 0.3 is 0 Å². The topological polar surface area (TPSA) is 87.7 Å². The zero-order valence-corrected chi connectivity index (χ0v) is 14.7. The normalized spacial score (nSPS) is 12.3. The molecule has 0 unspecified atom stereocenters. The molecule has 0 aliphatic carbocycles. The predicted molar refractivity (Wildman–Crippen MR) is 90.5 cm³/mol. The third-order valence-corrected chi connectivity index (χ3v) is 5.26. The number of anilines is 1. The summed E-state index contributed by atoms with van der Waals surface area (Å²) in [5.74, 6) is -0.274. The van der Waals surface area contributed by atoms with E-state index in [1.54, 1.807) is 0 Å². The van der Waals surface area contributed by atoms with E-state index in [-0.39, 0.29) is 38.6 Å². The van der Waals surface area contributed by atoms with E-state index in [0.717, 1.165) is 12.3 Å². The lowest BCUT2D eigenvalue weighted by molar-refractivity contribution is 0.148. The number of nitrogens with one attached hydrogen (secondary N) is 2. The molecule has 0 aliphatic rings. The summed E-state index contributed by atoms with van der Waals surface area (Å²) in [7, 11) is -4.12. The maximum absolute atomic E-state index is 12.8. The molecule has 0 bridgehead atoms. The van der Waals surface area contributed by atoms with E-state index in [1.165, 1.54) is 25.3 Å². The lowest BCUT2D eigenvalue weighted by atomic mass is 10.2. The van der Waals surface area contributed by atoms with E-state index in [2.05, 4.69) is 19.7 Å². The van der Waals surface area contributed by atoms with Crippen LogP contribution in [0.25, 0.3) is 10.9 Å². The predicted octanol–water partition coefficient (Wildman–Crippen LogP) is 3.81. The maximum Gasteiger partial charge on any atom is 0.266 e. The zero-order valence-electron chi connectivity index (χ0n) is 13.9. The molecule has 0 aliphatic heterocycles.